The van der Waals surface area contributed by atoms with Crippen molar-refractivity contribution in [2.75, 3.05) is 11.6 Å². The number of carbonyl (C=O) groups is 1. The molecule has 0 aromatic heterocycles. The number of rotatable bonds is 4. The third-order valence-electron chi connectivity index (χ3n) is 4.18. The maximum atomic E-state index is 12.9. The lowest BCUT2D eigenvalue weighted by Gasteiger charge is -2.27. The van der Waals surface area contributed by atoms with Crippen LogP contribution in [0.3, 0.4) is 0 Å². The maximum Gasteiger partial charge on any atom is 0.259 e. The zero-order valence-corrected chi connectivity index (χ0v) is 14.9. The van der Waals surface area contributed by atoms with Crippen LogP contribution in [0, 0.1) is 0 Å². The second kappa shape index (κ2) is 7.13. The first-order chi connectivity index (χ1) is 11.9. The van der Waals surface area contributed by atoms with Gasteiger partial charge in [0.05, 0.1) is 10.6 Å². The molecule has 0 spiro atoms. The van der Waals surface area contributed by atoms with E-state index in [1.54, 1.807) is 24.3 Å². The van der Waals surface area contributed by atoms with Crippen LogP contribution >= 0.6 is 11.6 Å². The molecule has 2 aromatic rings. The fraction of sp³-hybridized carbons (Fsp3) is 0.235. The molecule has 1 unspecified atom stereocenters. The lowest BCUT2D eigenvalue weighted by molar-refractivity contribution is -0.121. The van der Waals surface area contributed by atoms with Crippen molar-refractivity contribution < 1.29 is 13.2 Å². The summed E-state index contributed by atoms with van der Waals surface area (Å²) in [5.41, 5.74) is 0.517. The van der Waals surface area contributed by atoms with Gasteiger partial charge in [0.1, 0.15) is 6.04 Å². The molecule has 0 saturated carbocycles. The fourth-order valence-corrected chi connectivity index (χ4v) is 4.67. The topological polar surface area (TPSA) is 83.7 Å². The highest BCUT2D eigenvalue weighted by atomic mass is 35.5. The molecule has 3 rings (SSSR count). The Morgan fingerprint density at radius 1 is 1.12 bits per heavy atom. The first kappa shape index (κ1) is 17.9. The van der Waals surface area contributed by atoms with E-state index in [9.17, 15) is 13.2 Å². The monoisotopic (exact) mass is 379 g/mol. The van der Waals surface area contributed by atoms with Gasteiger partial charge in [-0.1, -0.05) is 29.8 Å². The van der Waals surface area contributed by atoms with Gasteiger partial charge in [-0.2, -0.15) is 4.31 Å². The van der Waals surface area contributed by atoms with Crippen molar-refractivity contribution in [1.29, 1.82) is 0 Å². The van der Waals surface area contributed by atoms with Gasteiger partial charge in [0.25, 0.3) is 5.91 Å². The molecule has 2 N–H and O–H groups in total. The molecule has 1 amide bonds. The van der Waals surface area contributed by atoms with Gasteiger partial charge in [0.2, 0.25) is 10.0 Å². The maximum absolute atomic E-state index is 12.9. The molecule has 0 bridgehead atoms. The van der Waals surface area contributed by atoms with Crippen LogP contribution in [0.1, 0.15) is 12.8 Å². The van der Waals surface area contributed by atoms with Gasteiger partial charge in [0, 0.05) is 11.6 Å². The number of hydrogen-bond donors (Lipinski definition) is 1. The molecular formula is C17H18ClN3O3S. The summed E-state index contributed by atoms with van der Waals surface area (Å²) in [6.45, 7) is 0.282. The fourth-order valence-electron chi connectivity index (χ4n) is 2.89. The van der Waals surface area contributed by atoms with Gasteiger partial charge in [-0.3, -0.25) is 4.79 Å². The number of para-hydroxylation sites is 1. The number of benzene rings is 2. The number of nitrogens with zero attached hydrogens (tertiary/aromatic N) is 2. The third-order valence-corrected chi connectivity index (χ3v) is 6.36. The number of amides is 1. The Kier molecular flexibility index (Phi) is 5.10. The first-order valence-electron chi connectivity index (χ1n) is 7.82. The molecule has 1 aliphatic rings. The van der Waals surface area contributed by atoms with Crippen molar-refractivity contribution in [3.05, 3.63) is 59.6 Å². The van der Waals surface area contributed by atoms with Gasteiger partial charge in [-0.15, -0.1) is 0 Å². The Hall–Kier alpha value is -1.93. The molecule has 1 heterocycles. The lowest BCUT2D eigenvalue weighted by atomic mass is 10.2. The van der Waals surface area contributed by atoms with Crippen LogP contribution in [0.15, 0.2) is 59.5 Å². The number of anilines is 1. The Bertz CT molecular complexity index is 856. The average Bonchev–Trinajstić information content (AvgIpc) is 3.12. The van der Waals surface area contributed by atoms with Crippen LogP contribution < -0.4 is 10.9 Å². The van der Waals surface area contributed by atoms with Crippen LogP contribution in [0.5, 0.6) is 0 Å². The average molecular weight is 380 g/mol. The molecule has 25 heavy (non-hydrogen) atoms. The molecule has 132 valence electrons. The van der Waals surface area contributed by atoms with Crippen molar-refractivity contribution in [1.82, 2.24) is 4.31 Å². The Morgan fingerprint density at radius 2 is 1.76 bits per heavy atom. The molecule has 1 atom stereocenters. The summed E-state index contributed by atoms with van der Waals surface area (Å²) in [6, 6.07) is 13.8. The van der Waals surface area contributed by atoms with E-state index in [-0.39, 0.29) is 11.4 Å². The summed E-state index contributed by atoms with van der Waals surface area (Å²) < 4.78 is 27.0. The predicted octanol–water partition coefficient (Wildman–Crippen LogP) is 2.40. The minimum absolute atomic E-state index is 0.111. The number of halogens is 1. The zero-order chi connectivity index (χ0) is 18.0. The van der Waals surface area contributed by atoms with Crippen LogP contribution in [-0.2, 0) is 14.8 Å². The van der Waals surface area contributed by atoms with Gasteiger partial charge in [-0.05, 0) is 49.2 Å². The molecule has 2 aromatic carbocycles. The summed E-state index contributed by atoms with van der Waals surface area (Å²) in [5.74, 6) is 5.48. The molecule has 8 heteroatoms. The van der Waals surface area contributed by atoms with Crippen LogP contribution in [-0.4, -0.2) is 31.2 Å². The minimum Gasteiger partial charge on any atom is -0.271 e. The quantitative estimate of drug-likeness (QED) is 0.502. The normalized spacial score (nSPS) is 18.2. The molecular weight excluding hydrogens is 362 g/mol. The number of hydrazine groups is 1. The molecule has 1 fully saturated rings. The number of nitrogens with two attached hydrogens (primary N) is 1. The summed E-state index contributed by atoms with van der Waals surface area (Å²) >= 11 is 5.82. The molecule has 1 saturated heterocycles. The largest absolute Gasteiger partial charge is 0.271 e. The van der Waals surface area contributed by atoms with Gasteiger partial charge >= 0.3 is 0 Å². The summed E-state index contributed by atoms with van der Waals surface area (Å²) in [7, 11) is -3.79. The van der Waals surface area contributed by atoms with Crippen LogP contribution in [0.25, 0.3) is 0 Å². The van der Waals surface area contributed by atoms with Crippen molar-refractivity contribution in [2.45, 2.75) is 23.8 Å². The van der Waals surface area contributed by atoms with E-state index in [1.807, 2.05) is 6.07 Å². The van der Waals surface area contributed by atoms with Crippen molar-refractivity contribution in [3.8, 4) is 0 Å². The van der Waals surface area contributed by atoms with Gasteiger partial charge in [0.15, 0.2) is 0 Å². The molecule has 6 nitrogen and oxygen atoms in total. The Balaban J connectivity index is 1.87. The summed E-state index contributed by atoms with van der Waals surface area (Å²) in [5, 5.41) is 1.46. The van der Waals surface area contributed by atoms with Gasteiger partial charge < -0.3 is 0 Å². The van der Waals surface area contributed by atoms with Crippen molar-refractivity contribution >= 4 is 33.2 Å². The summed E-state index contributed by atoms with van der Waals surface area (Å²) in [6.07, 6.45) is 1.04. The van der Waals surface area contributed by atoms with E-state index in [0.717, 1.165) is 5.01 Å². The highest BCUT2D eigenvalue weighted by molar-refractivity contribution is 7.89. The Labute approximate surface area is 151 Å². The minimum atomic E-state index is -3.79. The van der Waals surface area contributed by atoms with E-state index in [4.69, 9.17) is 17.4 Å². The number of hydrogen-bond acceptors (Lipinski definition) is 4. The zero-order valence-electron chi connectivity index (χ0n) is 13.4. The Morgan fingerprint density at radius 3 is 2.40 bits per heavy atom. The van der Waals surface area contributed by atoms with Crippen LogP contribution in [0.2, 0.25) is 5.02 Å². The smallest absolute Gasteiger partial charge is 0.259 e. The predicted molar refractivity (Wildman–Crippen MR) is 96.5 cm³/mol. The second-order valence-electron chi connectivity index (χ2n) is 5.77. The molecule has 0 aliphatic carbocycles. The highest BCUT2D eigenvalue weighted by Crippen LogP contribution is 2.28. The van der Waals surface area contributed by atoms with Crippen LogP contribution in [0.4, 0.5) is 5.69 Å². The van der Waals surface area contributed by atoms with E-state index < -0.39 is 22.0 Å². The van der Waals surface area contributed by atoms with E-state index in [0.29, 0.717) is 23.6 Å². The van der Waals surface area contributed by atoms with Crippen molar-refractivity contribution in [2.24, 2.45) is 5.84 Å². The SMILES string of the molecule is NN(C(=O)C1CCCN1S(=O)(=O)c1ccc(Cl)cc1)c1ccccc1. The first-order valence-corrected chi connectivity index (χ1v) is 9.64. The highest BCUT2D eigenvalue weighted by Gasteiger charge is 2.41. The molecule has 0 radical (unpaired) electrons. The van der Waals surface area contributed by atoms with E-state index >= 15 is 0 Å². The van der Waals surface area contributed by atoms with E-state index in [2.05, 4.69) is 0 Å². The standard InChI is InChI=1S/C17H18ClN3O3S/c18-13-8-10-15(11-9-13)25(23,24)20-12-4-7-16(20)17(22)21(19)14-5-2-1-3-6-14/h1-3,5-6,8-11,16H,4,7,12,19H2. The molecule has 1 aliphatic heterocycles. The van der Waals surface area contributed by atoms with Crippen molar-refractivity contribution in [3.63, 3.8) is 0 Å². The number of carbonyl (C=O) groups excluding carboxylic acids is 1. The number of sulfonamides is 1. The summed E-state index contributed by atoms with van der Waals surface area (Å²) in [4.78, 5) is 12.9. The lowest BCUT2D eigenvalue weighted by Crippen LogP contribution is -2.50. The van der Waals surface area contributed by atoms with E-state index in [1.165, 1.54) is 28.6 Å². The second-order valence-corrected chi connectivity index (χ2v) is 8.10. The third kappa shape index (κ3) is 3.55. The van der Waals surface area contributed by atoms with Gasteiger partial charge in [-0.25, -0.2) is 19.3 Å².